The molecule has 0 bridgehead atoms. The zero-order chi connectivity index (χ0) is 12.3. The molecule has 0 aromatic carbocycles. The van der Waals surface area contributed by atoms with Gasteiger partial charge in [-0.1, -0.05) is 0 Å². The van der Waals surface area contributed by atoms with Gasteiger partial charge in [0, 0.05) is 12.1 Å². The van der Waals surface area contributed by atoms with Gasteiger partial charge in [-0.25, -0.2) is 0 Å². The van der Waals surface area contributed by atoms with Crippen molar-refractivity contribution in [3.63, 3.8) is 0 Å². The van der Waals surface area contributed by atoms with Crippen molar-refractivity contribution in [2.75, 3.05) is 13.2 Å². The molecule has 5 heteroatoms. The molecule has 0 radical (unpaired) electrons. The summed E-state index contributed by atoms with van der Waals surface area (Å²) in [6.45, 7) is 5.86. The van der Waals surface area contributed by atoms with E-state index in [9.17, 15) is 9.59 Å². The van der Waals surface area contributed by atoms with Gasteiger partial charge in [-0.3, -0.25) is 9.59 Å². The maximum absolute atomic E-state index is 11.9. The van der Waals surface area contributed by atoms with Crippen LogP contribution in [0, 0.1) is 5.92 Å². The quantitative estimate of drug-likeness (QED) is 0.679. The molecule has 1 aliphatic rings. The smallest absolute Gasteiger partial charge is 0.325 e. The number of carbonyl (C=O) groups is 2. The Morgan fingerprint density at radius 3 is 2.44 bits per heavy atom. The third-order valence-corrected chi connectivity index (χ3v) is 2.67. The number of nitrogens with two attached hydrogens (primary N) is 1. The van der Waals surface area contributed by atoms with Crippen LogP contribution in [0.25, 0.3) is 0 Å². The highest BCUT2D eigenvalue weighted by Crippen LogP contribution is 2.30. The monoisotopic (exact) mass is 228 g/mol. The van der Waals surface area contributed by atoms with E-state index in [1.54, 1.807) is 6.92 Å². The summed E-state index contributed by atoms with van der Waals surface area (Å²) in [7, 11) is 0. The summed E-state index contributed by atoms with van der Waals surface area (Å²) in [5.74, 6) is -0.494. The van der Waals surface area contributed by atoms with Crippen LogP contribution in [0.5, 0.6) is 0 Å². The van der Waals surface area contributed by atoms with E-state index in [0.29, 0.717) is 6.61 Å². The highest BCUT2D eigenvalue weighted by Gasteiger charge is 2.43. The summed E-state index contributed by atoms with van der Waals surface area (Å²) in [4.78, 5) is 24.8. The zero-order valence-electron chi connectivity index (χ0n) is 10.1. The summed E-state index contributed by atoms with van der Waals surface area (Å²) < 4.78 is 4.84. The Kier molecular flexibility index (Phi) is 4.29. The lowest BCUT2D eigenvalue weighted by Gasteiger charge is -2.25. The van der Waals surface area contributed by atoms with Crippen LogP contribution in [0.3, 0.4) is 0 Å². The van der Waals surface area contributed by atoms with E-state index in [1.807, 2.05) is 13.8 Å². The van der Waals surface area contributed by atoms with Crippen molar-refractivity contribution in [2.24, 2.45) is 11.7 Å². The molecule has 0 aliphatic heterocycles. The molecule has 0 aromatic rings. The molecule has 1 saturated carbocycles. The molecular weight excluding hydrogens is 208 g/mol. The number of nitrogens with zero attached hydrogens (tertiary/aromatic N) is 1. The second-order valence-electron chi connectivity index (χ2n) is 4.37. The van der Waals surface area contributed by atoms with E-state index in [-0.39, 0.29) is 36.4 Å². The lowest BCUT2D eigenvalue weighted by Crippen LogP contribution is -2.42. The standard InChI is InChI=1S/C11H20N2O3/c1-4-16-10(14)6-13(7(2)3)11(15)8-5-9(8)12/h7-9H,4-6,12H2,1-3H3. The van der Waals surface area contributed by atoms with Gasteiger partial charge in [-0.05, 0) is 27.2 Å². The summed E-state index contributed by atoms with van der Waals surface area (Å²) in [5, 5.41) is 0. The molecule has 0 heterocycles. The molecule has 92 valence electrons. The molecule has 1 fully saturated rings. The van der Waals surface area contributed by atoms with Gasteiger partial charge in [-0.2, -0.15) is 0 Å². The van der Waals surface area contributed by atoms with Crippen molar-refractivity contribution in [1.29, 1.82) is 0 Å². The van der Waals surface area contributed by atoms with Crippen LogP contribution in [0.15, 0.2) is 0 Å². The average Bonchev–Trinajstić information content (AvgIpc) is 2.91. The molecule has 5 nitrogen and oxygen atoms in total. The van der Waals surface area contributed by atoms with Crippen molar-refractivity contribution in [3.05, 3.63) is 0 Å². The number of carbonyl (C=O) groups excluding carboxylic acids is 2. The predicted octanol–water partition coefficient (Wildman–Crippen LogP) is 0.134. The van der Waals surface area contributed by atoms with Crippen molar-refractivity contribution >= 4 is 11.9 Å². The number of esters is 1. The summed E-state index contributed by atoms with van der Waals surface area (Å²) in [6.07, 6.45) is 0.727. The molecule has 1 rings (SSSR count). The second-order valence-corrected chi connectivity index (χ2v) is 4.37. The van der Waals surface area contributed by atoms with Gasteiger partial charge < -0.3 is 15.4 Å². The Labute approximate surface area is 95.9 Å². The Hall–Kier alpha value is -1.10. The molecule has 0 spiro atoms. The minimum Gasteiger partial charge on any atom is -0.465 e. The first kappa shape index (κ1) is 13.0. The van der Waals surface area contributed by atoms with E-state index in [2.05, 4.69) is 0 Å². The van der Waals surface area contributed by atoms with E-state index < -0.39 is 0 Å². The zero-order valence-corrected chi connectivity index (χ0v) is 10.1. The Bertz CT molecular complexity index is 278. The predicted molar refractivity (Wildman–Crippen MR) is 59.6 cm³/mol. The van der Waals surface area contributed by atoms with Crippen LogP contribution in [-0.4, -0.2) is 42.0 Å². The fourth-order valence-electron chi connectivity index (χ4n) is 1.57. The van der Waals surface area contributed by atoms with Crippen molar-refractivity contribution < 1.29 is 14.3 Å². The van der Waals surface area contributed by atoms with Crippen LogP contribution in [0.4, 0.5) is 0 Å². The molecule has 2 unspecified atom stereocenters. The van der Waals surface area contributed by atoms with Gasteiger partial charge in [0.15, 0.2) is 0 Å². The topological polar surface area (TPSA) is 72.6 Å². The van der Waals surface area contributed by atoms with Gasteiger partial charge in [-0.15, -0.1) is 0 Å². The maximum atomic E-state index is 11.9. The highest BCUT2D eigenvalue weighted by molar-refractivity contribution is 5.86. The number of amides is 1. The average molecular weight is 228 g/mol. The second kappa shape index (κ2) is 5.30. The lowest BCUT2D eigenvalue weighted by molar-refractivity contribution is -0.150. The third kappa shape index (κ3) is 3.20. The molecule has 0 aromatic heterocycles. The molecule has 2 atom stereocenters. The molecule has 1 aliphatic carbocycles. The molecule has 16 heavy (non-hydrogen) atoms. The first-order valence-electron chi connectivity index (χ1n) is 5.69. The van der Waals surface area contributed by atoms with Gasteiger partial charge in [0.1, 0.15) is 6.54 Å². The summed E-state index contributed by atoms with van der Waals surface area (Å²) in [6, 6.07) is -0.0411. The van der Waals surface area contributed by atoms with E-state index in [0.717, 1.165) is 6.42 Å². The van der Waals surface area contributed by atoms with Gasteiger partial charge in [0.2, 0.25) is 5.91 Å². The Morgan fingerprint density at radius 2 is 2.06 bits per heavy atom. The number of hydrogen-bond acceptors (Lipinski definition) is 4. The number of hydrogen-bond donors (Lipinski definition) is 1. The lowest BCUT2D eigenvalue weighted by atomic mass is 10.2. The van der Waals surface area contributed by atoms with E-state index in [4.69, 9.17) is 10.5 Å². The number of rotatable bonds is 5. The van der Waals surface area contributed by atoms with Crippen molar-refractivity contribution in [1.82, 2.24) is 4.90 Å². The van der Waals surface area contributed by atoms with Crippen molar-refractivity contribution in [2.45, 2.75) is 39.3 Å². The third-order valence-electron chi connectivity index (χ3n) is 2.67. The first-order chi connectivity index (χ1) is 7.47. The van der Waals surface area contributed by atoms with Crippen LogP contribution in [0.2, 0.25) is 0 Å². The first-order valence-corrected chi connectivity index (χ1v) is 5.69. The van der Waals surface area contributed by atoms with Crippen molar-refractivity contribution in [3.8, 4) is 0 Å². The minimum absolute atomic E-state index is 0.00953. The van der Waals surface area contributed by atoms with E-state index in [1.165, 1.54) is 4.90 Å². The number of ether oxygens (including phenoxy) is 1. The minimum atomic E-state index is -0.362. The van der Waals surface area contributed by atoms with Crippen LogP contribution in [0.1, 0.15) is 27.2 Å². The van der Waals surface area contributed by atoms with Crippen LogP contribution >= 0.6 is 0 Å². The summed E-state index contributed by atoms with van der Waals surface area (Å²) in [5.41, 5.74) is 5.63. The van der Waals surface area contributed by atoms with E-state index >= 15 is 0 Å². The fraction of sp³-hybridized carbons (Fsp3) is 0.818. The van der Waals surface area contributed by atoms with Crippen LogP contribution < -0.4 is 5.73 Å². The SMILES string of the molecule is CCOC(=O)CN(C(=O)C1CC1N)C(C)C. The maximum Gasteiger partial charge on any atom is 0.325 e. The molecule has 1 amide bonds. The van der Waals surface area contributed by atoms with Gasteiger partial charge >= 0.3 is 5.97 Å². The van der Waals surface area contributed by atoms with Crippen LogP contribution in [-0.2, 0) is 14.3 Å². The fourth-order valence-corrected chi connectivity index (χ4v) is 1.57. The van der Waals surface area contributed by atoms with Gasteiger partial charge in [0.25, 0.3) is 0 Å². The Balaban J connectivity index is 2.54. The normalized spacial score (nSPS) is 23.1. The molecule has 2 N–H and O–H groups in total. The Morgan fingerprint density at radius 1 is 1.50 bits per heavy atom. The summed E-state index contributed by atoms with van der Waals surface area (Å²) >= 11 is 0. The highest BCUT2D eigenvalue weighted by atomic mass is 16.5. The molecule has 0 saturated heterocycles. The largest absolute Gasteiger partial charge is 0.465 e. The molecular formula is C11H20N2O3. The van der Waals surface area contributed by atoms with Gasteiger partial charge in [0.05, 0.1) is 12.5 Å².